The number of fused-ring (bicyclic) bond motifs is 2. The van der Waals surface area contributed by atoms with Gasteiger partial charge < -0.3 is 19.9 Å². The molecule has 2 saturated heterocycles. The van der Waals surface area contributed by atoms with Gasteiger partial charge in [0, 0.05) is 36.6 Å². The van der Waals surface area contributed by atoms with Gasteiger partial charge in [0.05, 0.1) is 6.10 Å². The fourth-order valence-electron chi connectivity index (χ4n) is 3.65. The van der Waals surface area contributed by atoms with Crippen LogP contribution in [0.1, 0.15) is 18.4 Å². The molecule has 0 saturated carbocycles. The number of aromatic nitrogens is 1. The van der Waals surface area contributed by atoms with Gasteiger partial charge in [0.1, 0.15) is 12.6 Å². The van der Waals surface area contributed by atoms with Crippen LogP contribution in [-0.2, 0) is 16.1 Å². The molecule has 0 spiro atoms. The molecular formula is C17H19N3O3. The summed E-state index contributed by atoms with van der Waals surface area (Å²) >= 11 is 0. The number of amides is 2. The van der Waals surface area contributed by atoms with Crippen LogP contribution in [-0.4, -0.2) is 56.9 Å². The van der Waals surface area contributed by atoms with Crippen molar-refractivity contribution in [3.05, 3.63) is 36.0 Å². The normalized spacial score (nSPS) is 25.1. The Morgan fingerprint density at radius 2 is 2.13 bits per heavy atom. The maximum atomic E-state index is 12.7. The molecule has 6 nitrogen and oxygen atoms in total. The third kappa shape index (κ3) is 2.39. The van der Waals surface area contributed by atoms with Gasteiger partial charge in [-0.15, -0.1) is 0 Å². The minimum absolute atomic E-state index is 0.0252. The summed E-state index contributed by atoms with van der Waals surface area (Å²) in [5.41, 5.74) is 2.04. The van der Waals surface area contributed by atoms with E-state index in [0.717, 1.165) is 16.5 Å². The summed E-state index contributed by atoms with van der Waals surface area (Å²) in [6.07, 6.45) is 2.27. The highest BCUT2D eigenvalue weighted by Crippen LogP contribution is 2.26. The highest BCUT2D eigenvalue weighted by molar-refractivity contribution is 5.95. The van der Waals surface area contributed by atoms with E-state index in [0.29, 0.717) is 25.9 Å². The van der Waals surface area contributed by atoms with Gasteiger partial charge >= 0.3 is 0 Å². The second kappa shape index (κ2) is 5.38. The standard InChI is InChI=1S/C17H19N3O3/c21-12-5-7-20-15(8-12)17(23)19(10-16(20)22)9-11-2-1-3-14-13(11)4-6-18-14/h1-4,6,12,15,18,21H,5,7-10H2/t12-,15+/m0/s1. The van der Waals surface area contributed by atoms with Crippen LogP contribution in [0.3, 0.4) is 0 Å². The Hall–Kier alpha value is -2.34. The first-order chi connectivity index (χ1) is 11.1. The molecule has 0 aliphatic carbocycles. The minimum atomic E-state index is -0.509. The average Bonchev–Trinajstić information content (AvgIpc) is 3.02. The number of aliphatic hydroxyl groups is 1. The van der Waals surface area contributed by atoms with Crippen molar-refractivity contribution in [1.82, 2.24) is 14.8 Å². The van der Waals surface area contributed by atoms with E-state index in [1.165, 1.54) is 0 Å². The molecule has 1 aromatic carbocycles. The molecule has 4 rings (SSSR count). The number of hydrogen-bond donors (Lipinski definition) is 2. The highest BCUT2D eigenvalue weighted by Gasteiger charge is 2.42. The summed E-state index contributed by atoms with van der Waals surface area (Å²) in [6.45, 7) is 1.00. The Labute approximate surface area is 133 Å². The van der Waals surface area contributed by atoms with Gasteiger partial charge in [-0.3, -0.25) is 9.59 Å². The number of piperidine rings is 1. The lowest BCUT2D eigenvalue weighted by atomic mass is 9.95. The Kier molecular flexibility index (Phi) is 3.34. The summed E-state index contributed by atoms with van der Waals surface area (Å²) in [4.78, 5) is 31.5. The molecule has 0 unspecified atom stereocenters. The molecule has 2 atom stereocenters. The molecule has 2 fully saturated rings. The third-order valence-corrected chi connectivity index (χ3v) is 4.86. The Bertz CT molecular complexity index is 769. The Morgan fingerprint density at radius 3 is 3.00 bits per heavy atom. The topological polar surface area (TPSA) is 76.6 Å². The number of H-pyrrole nitrogens is 1. The Balaban J connectivity index is 1.60. The quantitative estimate of drug-likeness (QED) is 0.863. The molecule has 23 heavy (non-hydrogen) atoms. The van der Waals surface area contributed by atoms with Crippen LogP contribution >= 0.6 is 0 Å². The van der Waals surface area contributed by atoms with E-state index in [4.69, 9.17) is 0 Å². The van der Waals surface area contributed by atoms with E-state index in [1.54, 1.807) is 9.80 Å². The van der Waals surface area contributed by atoms with E-state index >= 15 is 0 Å². The molecule has 1 aromatic heterocycles. The van der Waals surface area contributed by atoms with Gasteiger partial charge in [-0.1, -0.05) is 12.1 Å². The lowest BCUT2D eigenvalue weighted by Gasteiger charge is -2.44. The number of nitrogens with one attached hydrogen (secondary N) is 1. The SMILES string of the molecule is O=C1[C@H]2C[C@@H](O)CCN2C(=O)CN1Cc1cccc2[nH]ccc12. The zero-order valence-corrected chi connectivity index (χ0v) is 12.7. The van der Waals surface area contributed by atoms with E-state index in [-0.39, 0.29) is 18.4 Å². The number of aliphatic hydroxyl groups excluding tert-OH is 1. The van der Waals surface area contributed by atoms with Crippen molar-refractivity contribution in [1.29, 1.82) is 0 Å². The summed E-state index contributed by atoms with van der Waals surface area (Å²) in [5, 5.41) is 10.9. The molecule has 2 aromatic rings. The number of benzene rings is 1. The fourth-order valence-corrected chi connectivity index (χ4v) is 3.65. The van der Waals surface area contributed by atoms with Gasteiger partial charge in [-0.2, -0.15) is 0 Å². The summed E-state index contributed by atoms with van der Waals surface area (Å²) < 4.78 is 0. The van der Waals surface area contributed by atoms with E-state index in [2.05, 4.69) is 4.98 Å². The zero-order chi connectivity index (χ0) is 16.0. The molecule has 3 heterocycles. The first-order valence-corrected chi connectivity index (χ1v) is 7.95. The van der Waals surface area contributed by atoms with Crippen LogP contribution in [0.15, 0.2) is 30.5 Å². The second-order valence-corrected chi connectivity index (χ2v) is 6.33. The lowest BCUT2D eigenvalue weighted by molar-refractivity contribution is -0.160. The first-order valence-electron chi connectivity index (χ1n) is 7.95. The maximum absolute atomic E-state index is 12.7. The molecule has 6 heteroatoms. The van der Waals surface area contributed by atoms with Crippen LogP contribution in [0.2, 0.25) is 0 Å². The predicted octanol–water partition coefficient (Wildman–Crippen LogP) is 0.862. The van der Waals surface area contributed by atoms with Crippen molar-refractivity contribution in [2.45, 2.75) is 31.5 Å². The van der Waals surface area contributed by atoms with Crippen LogP contribution in [0.5, 0.6) is 0 Å². The van der Waals surface area contributed by atoms with E-state index < -0.39 is 12.1 Å². The molecule has 2 amide bonds. The minimum Gasteiger partial charge on any atom is -0.393 e. The number of piperazine rings is 1. The van der Waals surface area contributed by atoms with Crippen LogP contribution in [0, 0.1) is 0 Å². The van der Waals surface area contributed by atoms with Crippen molar-refractivity contribution < 1.29 is 14.7 Å². The Morgan fingerprint density at radius 1 is 1.26 bits per heavy atom. The molecule has 2 aliphatic heterocycles. The number of carbonyl (C=O) groups is 2. The van der Waals surface area contributed by atoms with Crippen molar-refractivity contribution in [3.8, 4) is 0 Å². The molecular weight excluding hydrogens is 294 g/mol. The number of nitrogens with zero attached hydrogens (tertiary/aromatic N) is 2. The summed E-state index contributed by atoms with van der Waals surface area (Å²) in [7, 11) is 0. The third-order valence-electron chi connectivity index (χ3n) is 4.86. The predicted molar refractivity (Wildman–Crippen MR) is 84.5 cm³/mol. The van der Waals surface area contributed by atoms with Crippen molar-refractivity contribution >= 4 is 22.7 Å². The van der Waals surface area contributed by atoms with Gasteiger partial charge in [-0.25, -0.2) is 0 Å². The van der Waals surface area contributed by atoms with Gasteiger partial charge in [-0.05, 0) is 24.1 Å². The van der Waals surface area contributed by atoms with Crippen molar-refractivity contribution in [2.75, 3.05) is 13.1 Å². The molecule has 120 valence electrons. The monoisotopic (exact) mass is 313 g/mol. The largest absolute Gasteiger partial charge is 0.393 e. The number of carbonyl (C=O) groups excluding carboxylic acids is 2. The van der Waals surface area contributed by atoms with Crippen molar-refractivity contribution in [2.24, 2.45) is 0 Å². The number of rotatable bonds is 2. The molecule has 0 radical (unpaired) electrons. The zero-order valence-electron chi connectivity index (χ0n) is 12.7. The fraction of sp³-hybridized carbons (Fsp3) is 0.412. The van der Waals surface area contributed by atoms with E-state index in [9.17, 15) is 14.7 Å². The molecule has 2 N–H and O–H groups in total. The average molecular weight is 313 g/mol. The van der Waals surface area contributed by atoms with Gasteiger partial charge in [0.15, 0.2) is 0 Å². The first kappa shape index (κ1) is 14.3. The van der Waals surface area contributed by atoms with Crippen LogP contribution in [0.4, 0.5) is 0 Å². The maximum Gasteiger partial charge on any atom is 0.246 e. The lowest BCUT2D eigenvalue weighted by Crippen LogP contribution is -2.62. The second-order valence-electron chi connectivity index (χ2n) is 6.33. The van der Waals surface area contributed by atoms with Crippen LogP contribution in [0.25, 0.3) is 10.9 Å². The molecule has 2 aliphatic rings. The van der Waals surface area contributed by atoms with E-state index in [1.807, 2.05) is 30.5 Å². The van der Waals surface area contributed by atoms with Crippen molar-refractivity contribution in [3.63, 3.8) is 0 Å². The number of hydrogen-bond acceptors (Lipinski definition) is 3. The molecule has 0 bridgehead atoms. The highest BCUT2D eigenvalue weighted by atomic mass is 16.3. The summed E-state index contributed by atoms with van der Waals surface area (Å²) in [5.74, 6) is -0.0846. The van der Waals surface area contributed by atoms with Gasteiger partial charge in [0.2, 0.25) is 11.8 Å². The van der Waals surface area contributed by atoms with Gasteiger partial charge in [0.25, 0.3) is 0 Å². The number of aromatic amines is 1. The van der Waals surface area contributed by atoms with Crippen LogP contribution < -0.4 is 0 Å². The summed E-state index contributed by atoms with van der Waals surface area (Å²) in [6, 6.07) is 7.39. The smallest absolute Gasteiger partial charge is 0.246 e.